The van der Waals surface area contributed by atoms with Gasteiger partial charge in [0.25, 0.3) is 11.5 Å². The number of primary sulfonamides is 1. The van der Waals surface area contributed by atoms with Crippen LogP contribution in [0, 0.1) is 6.92 Å². The largest absolute Gasteiger partial charge is 0.325 e. The third-order valence-electron chi connectivity index (χ3n) is 4.38. The quantitative estimate of drug-likeness (QED) is 0.358. The number of carbonyl (C=O) groups excluding carboxylic acids is 2. The molecule has 0 unspecified atom stereocenters. The second-order valence-corrected chi connectivity index (χ2v) is 8.45. The number of aromatic amines is 2. The number of benzene rings is 2. The first-order chi connectivity index (χ1) is 15.0. The van der Waals surface area contributed by atoms with Crippen molar-refractivity contribution in [3.63, 3.8) is 0 Å². The molecule has 3 rings (SSSR count). The molecule has 0 aliphatic rings. The lowest BCUT2D eigenvalue weighted by molar-refractivity contribution is -0.115. The molecule has 2 amide bonds. The molecule has 0 bridgehead atoms. The zero-order chi connectivity index (χ0) is 23.5. The number of rotatable bonds is 6. The van der Waals surface area contributed by atoms with E-state index in [0.29, 0.717) is 16.9 Å². The van der Waals surface area contributed by atoms with Crippen LogP contribution in [0.2, 0.25) is 0 Å². The summed E-state index contributed by atoms with van der Waals surface area (Å²) in [5.41, 5.74) is 0.463. The second-order valence-electron chi connectivity index (χ2n) is 6.89. The molecule has 2 aromatic carbocycles. The van der Waals surface area contributed by atoms with E-state index in [0.717, 1.165) is 6.07 Å². The fourth-order valence-corrected chi connectivity index (χ4v) is 3.33. The molecule has 0 saturated heterocycles. The van der Waals surface area contributed by atoms with Crippen molar-refractivity contribution in [3.05, 3.63) is 86.2 Å². The topological polar surface area (TPSA) is 184 Å². The van der Waals surface area contributed by atoms with Crippen molar-refractivity contribution in [3.8, 4) is 0 Å². The van der Waals surface area contributed by atoms with Crippen LogP contribution in [0.25, 0.3) is 0 Å². The molecule has 3 aromatic rings. The van der Waals surface area contributed by atoms with Gasteiger partial charge in [-0.1, -0.05) is 6.07 Å². The van der Waals surface area contributed by atoms with Crippen LogP contribution in [0.3, 0.4) is 0 Å². The summed E-state index contributed by atoms with van der Waals surface area (Å²) >= 11 is 0. The number of sulfonamides is 1. The molecule has 12 heteroatoms. The highest BCUT2D eigenvalue weighted by molar-refractivity contribution is 7.89. The predicted molar refractivity (Wildman–Crippen MR) is 117 cm³/mol. The van der Waals surface area contributed by atoms with E-state index in [1.54, 1.807) is 19.1 Å². The zero-order valence-electron chi connectivity index (χ0n) is 16.8. The molecule has 1 aromatic heterocycles. The van der Waals surface area contributed by atoms with E-state index in [1.807, 2.05) is 4.98 Å². The predicted octanol–water partition coefficient (Wildman–Crippen LogP) is 0.453. The number of carbonyl (C=O) groups is 2. The number of aryl methyl sites for hydroxylation is 1. The van der Waals surface area contributed by atoms with E-state index in [9.17, 15) is 27.6 Å². The maximum absolute atomic E-state index is 12.6. The molecule has 0 aliphatic carbocycles. The summed E-state index contributed by atoms with van der Waals surface area (Å²) in [5.74, 6) is -0.978. The van der Waals surface area contributed by atoms with Gasteiger partial charge in [-0.3, -0.25) is 19.4 Å². The summed E-state index contributed by atoms with van der Waals surface area (Å²) in [5, 5.41) is 10.3. The van der Waals surface area contributed by atoms with E-state index in [4.69, 9.17) is 5.14 Å². The zero-order valence-corrected chi connectivity index (χ0v) is 17.6. The minimum absolute atomic E-state index is 0.0856. The van der Waals surface area contributed by atoms with Crippen LogP contribution in [0.15, 0.2) is 63.0 Å². The lowest BCUT2D eigenvalue weighted by atomic mass is 10.1. The van der Waals surface area contributed by atoms with Gasteiger partial charge in [-0.25, -0.2) is 18.4 Å². The number of nitrogens with one attached hydrogen (secondary N) is 4. The third kappa shape index (κ3) is 5.77. The van der Waals surface area contributed by atoms with E-state index in [1.165, 1.54) is 30.3 Å². The first kappa shape index (κ1) is 22.7. The van der Waals surface area contributed by atoms with Gasteiger partial charge in [-0.05, 0) is 48.9 Å². The highest BCUT2D eigenvalue weighted by Gasteiger charge is 2.13. The lowest BCUT2D eigenvalue weighted by Gasteiger charge is -2.11. The van der Waals surface area contributed by atoms with Gasteiger partial charge in [0.05, 0.1) is 11.3 Å². The molecule has 0 aliphatic heterocycles. The molecule has 0 fully saturated rings. The van der Waals surface area contributed by atoms with Gasteiger partial charge in [-0.15, -0.1) is 0 Å². The molecule has 0 saturated carbocycles. The van der Waals surface area contributed by atoms with Crippen LogP contribution >= 0.6 is 0 Å². The molecule has 166 valence electrons. The van der Waals surface area contributed by atoms with Gasteiger partial charge in [0, 0.05) is 28.7 Å². The number of H-pyrrole nitrogens is 2. The average molecular weight is 457 g/mol. The molecular formula is C20H19N5O6S. The fraction of sp³-hybridized carbons (Fsp3) is 0.100. The number of nitrogens with two attached hydrogens (primary N) is 1. The van der Waals surface area contributed by atoms with Gasteiger partial charge in [0.15, 0.2) is 0 Å². The molecule has 6 N–H and O–H groups in total. The van der Waals surface area contributed by atoms with Crippen LogP contribution < -0.4 is 27.0 Å². The Kier molecular flexibility index (Phi) is 6.37. The minimum atomic E-state index is -3.84. The van der Waals surface area contributed by atoms with Crippen LogP contribution in [0.4, 0.5) is 11.4 Å². The van der Waals surface area contributed by atoms with Crippen molar-refractivity contribution in [1.29, 1.82) is 0 Å². The first-order valence-corrected chi connectivity index (χ1v) is 10.7. The van der Waals surface area contributed by atoms with Crippen molar-refractivity contribution in [2.75, 3.05) is 10.6 Å². The van der Waals surface area contributed by atoms with Gasteiger partial charge in [-0.2, -0.15) is 0 Å². The van der Waals surface area contributed by atoms with E-state index < -0.39 is 33.1 Å². The smallest absolute Gasteiger partial charge is 0.325 e. The molecule has 0 spiro atoms. The number of aromatic nitrogens is 2. The van der Waals surface area contributed by atoms with Gasteiger partial charge < -0.3 is 15.6 Å². The maximum Gasteiger partial charge on any atom is 0.325 e. The summed E-state index contributed by atoms with van der Waals surface area (Å²) < 4.78 is 22.6. The monoisotopic (exact) mass is 457 g/mol. The molecule has 1 heterocycles. The van der Waals surface area contributed by atoms with Gasteiger partial charge >= 0.3 is 5.69 Å². The number of hydrogen-bond donors (Lipinski definition) is 5. The van der Waals surface area contributed by atoms with Crippen molar-refractivity contribution in [2.45, 2.75) is 18.2 Å². The Bertz CT molecular complexity index is 1380. The van der Waals surface area contributed by atoms with Gasteiger partial charge in [0.1, 0.15) is 0 Å². The molecule has 0 atom stereocenters. The van der Waals surface area contributed by atoms with Crippen LogP contribution in [-0.4, -0.2) is 30.2 Å². The second kappa shape index (κ2) is 8.99. The van der Waals surface area contributed by atoms with E-state index >= 15 is 0 Å². The van der Waals surface area contributed by atoms with Crippen molar-refractivity contribution in [2.24, 2.45) is 5.14 Å². The molecular weight excluding hydrogens is 438 g/mol. The van der Waals surface area contributed by atoms with E-state index in [-0.39, 0.29) is 22.6 Å². The number of hydrogen-bond acceptors (Lipinski definition) is 6. The SMILES string of the molecule is Cc1ccc(C(=O)Nc2ccc(S(N)(=O)=O)cc2)cc1NC(=O)Cc1cc(=O)[nH]c(=O)[nH]1. The third-order valence-corrected chi connectivity index (χ3v) is 5.31. The average Bonchev–Trinajstić information content (AvgIpc) is 2.68. The Morgan fingerprint density at radius 3 is 2.28 bits per heavy atom. The highest BCUT2D eigenvalue weighted by Crippen LogP contribution is 2.19. The maximum atomic E-state index is 12.6. The highest BCUT2D eigenvalue weighted by atomic mass is 32.2. The molecule has 11 nitrogen and oxygen atoms in total. The van der Waals surface area contributed by atoms with Crippen molar-refractivity contribution >= 4 is 33.2 Å². The minimum Gasteiger partial charge on any atom is -0.325 e. The Balaban J connectivity index is 1.73. The standard InChI is InChI=1S/C20H19N5O6S/c1-11-2-3-12(19(28)22-13-4-6-15(7-5-13)32(21,30)31)8-16(11)24-17(26)9-14-10-18(27)25-20(29)23-14/h2-8,10H,9H2,1H3,(H,22,28)(H,24,26)(H2,21,30,31)(H2,23,25,27,29). The number of anilines is 2. The first-order valence-electron chi connectivity index (χ1n) is 9.18. The number of amides is 2. The summed E-state index contributed by atoms with van der Waals surface area (Å²) in [6.45, 7) is 1.73. The molecule has 0 radical (unpaired) electrons. The summed E-state index contributed by atoms with van der Waals surface area (Å²) in [6.07, 6.45) is -0.245. The van der Waals surface area contributed by atoms with Gasteiger partial charge in [0.2, 0.25) is 15.9 Å². The lowest BCUT2D eigenvalue weighted by Crippen LogP contribution is -2.25. The normalized spacial score (nSPS) is 11.1. The Labute approximate surface area is 181 Å². The van der Waals surface area contributed by atoms with Crippen LogP contribution in [-0.2, 0) is 21.2 Å². The van der Waals surface area contributed by atoms with Crippen molar-refractivity contribution < 1.29 is 18.0 Å². The fourth-order valence-electron chi connectivity index (χ4n) is 2.81. The Morgan fingerprint density at radius 1 is 0.969 bits per heavy atom. The van der Waals surface area contributed by atoms with Crippen LogP contribution in [0.5, 0.6) is 0 Å². The van der Waals surface area contributed by atoms with Crippen molar-refractivity contribution in [1.82, 2.24) is 9.97 Å². The Morgan fingerprint density at radius 2 is 1.66 bits per heavy atom. The molecule has 32 heavy (non-hydrogen) atoms. The summed E-state index contributed by atoms with van der Waals surface area (Å²) in [7, 11) is -3.84. The summed E-state index contributed by atoms with van der Waals surface area (Å²) in [6, 6.07) is 11.1. The summed E-state index contributed by atoms with van der Waals surface area (Å²) in [4.78, 5) is 51.9. The Hall–Kier alpha value is -4.03. The van der Waals surface area contributed by atoms with E-state index in [2.05, 4.69) is 15.6 Å². The van der Waals surface area contributed by atoms with Crippen LogP contribution in [0.1, 0.15) is 21.6 Å².